The lowest BCUT2D eigenvalue weighted by Gasteiger charge is -2.24. The highest BCUT2D eigenvalue weighted by Gasteiger charge is 2.21. The van der Waals surface area contributed by atoms with Gasteiger partial charge in [-0.2, -0.15) is 5.26 Å². The molecule has 6 heteroatoms. The van der Waals surface area contributed by atoms with Gasteiger partial charge < -0.3 is 15.1 Å². The third kappa shape index (κ3) is 3.60. The zero-order chi connectivity index (χ0) is 19.3. The molecule has 0 radical (unpaired) electrons. The van der Waals surface area contributed by atoms with Crippen molar-refractivity contribution in [1.82, 2.24) is 9.88 Å². The third-order valence-electron chi connectivity index (χ3n) is 5.02. The molecule has 1 fully saturated rings. The molecule has 3 aromatic rings. The zero-order valence-electron chi connectivity index (χ0n) is 15.5. The Morgan fingerprint density at radius 2 is 1.86 bits per heavy atom. The minimum Gasteiger partial charge on any atom is -0.369 e. The van der Waals surface area contributed by atoms with Crippen LogP contribution in [0.1, 0.15) is 12.0 Å². The molecule has 1 saturated heterocycles. The van der Waals surface area contributed by atoms with Gasteiger partial charge in [0.2, 0.25) is 0 Å². The number of pyridine rings is 1. The minimum absolute atomic E-state index is 0.117. The predicted molar refractivity (Wildman–Crippen MR) is 110 cm³/mol. The van der Waals surface area contributed by atoms with Gasteiger partial charge in [0.1, 0.15) is 6.07 Å². The number of nitrogens with zero attached hydrogens (tertiary/aromatic N) is 4. The van der Waals surface area contributed by atoms with Crippen LogP contribution in [-0.2, 0) is 0 Å². The average molecular weight is 371 g/mol. The number of carbonyl (C=O) groups is 1. The van der Waals surface area contributed by atoms with E-state index in [-0.39, 0.29) is 6.03 Å². The molecule has 140 valence electrons. The van der Waals surface area contributed by atoms with Crippen molar-refractivity contribution in [3.05, 3.63) is 66.4 Å². The number of hydrogen-bond donors (Lipinski definition) is 1. The standard InChI is InChI=1S/C22H21N5O/c23-16-18-6-1-2-10-20(18)26-12-5-13-27(15-14-26)22(28)25-19-9-3-7-17-8-4-11-24-21(17)19/h1-4,6-11H,5,12-15H2,(H,25,28). The van der Waals surface area contributed by atoms with Crippen molar-refractivity contribution in [3.63, 3.8) is 0 Å². The molecule has 1 aliphatic rings. The molecule has 0 aliphatic carbocycles. The van der Waals surface area contributed by atoms with Crippen molar-refractivity contribution in [2.24, 2.45) is 0 Å². The number of para-hydroxylation sites is 2. The van der Waals surface area contributed by atoms with Gasteiger partial charge in [-0.3, -0.25) is 4.98 Å². The number of nitriles is 1. The molecule has 1 aromatic heterocycles. The van der Waals surface area contributed by atoms with E-state index in [1.54, 1.807) is 6.20 Å². The molecule has 0 bridgehead atoms. The molecule has 6 nitrogen and oxygen atoms in total. The van der Waals surface area contributed by atoms with Crippen LogP contribution in [0.25, 0.3) is 10.9 Å². The van der Waals surface area contributed by atoms with Gasteiger partial charge in [-0.15, -0.1) is 0 Å². The lowest BCUT2D eigenvalue weighted by Crippen LogP contribution is -2.38. The van der Waals surface area contributed by atoms with E-state index in [9.17, 15) is 10.1 Å². The summed E-state index contributed by atoms with van der Waals surface area (Å²) in [4.78, 5) is 21.3. The van der Waals surface area contributed by atoms with Gasteiger partial charge in [0.15, 0.2) is 0 Å². The van der Waals surface area contributed by atoms with Gasteiger partial charge in [-0.25, -0.2) is 4.79 Å². The van der Waals surface area contributed by atoms with Crippen LogP contribution in [0, 0.1) is 11.3 Å². The van der Waals surface area contributed by atoms with E-state index in [1.807, 2.05) is 59.5 Å². The molecule has 2 amide bonds. The van der Waals surface area contributed by atoms with Gasteiger partial charge in [0.25, 0.3) is 0 Å². The minimum atomic E-state index is -0.117. The van der Waals surface area contributed by atoms with Crippen molar-refractivity contribution < 1.29 is 4.79 Å². The summed E-state index contributed by atoms with van der Waals surface area (Å²) in [6, 6.07) is 19.4. The molecule has 0 atom stereocenters. The van der Waals surface area contributed by atoms with Gasteiger partial charge >= 0.3 is 6.03 Å². The van der Waals surface area contributed by atoms with Gasteiger partial charge in [0, 0.05) is 37.8 Å². The largest absolute Gasteiger partial charge is 0.369 e. The van der Waals surface area contributed by atoms with E-state index in [0.717, 1.165) is 35.2 Å². The van der Waals surface area contributed by atoms with Crippen LogP contribution in [0.4, 0.5) is 16.2 Å². The second-order valence-electron chi connectivity index (χ2n) is 6.77. The molecule has 0 unspecified atom stereocenters. The molecular weight excluding hydrogens is 350 g/mol. The number of benzene rings is 2. The molecule has 2 aromatic carbocycles. The highest BCUT2D eigenvalue weighted by Crippen LogP contribution is 2.23. The molecular formula is C22H21N5O. The first kappa shape index (κ1) is 17.8. The van der Waals surface area contributed by atoms with Gasteiger partial charge in [-0.1, -0.05) is 30.3 Å². The SMILES string of the molecule is N#Cc1ccccc1N1CCCN(C(=O)Nc2cccc3cccnc23)CC1. The number of aromatic nitrogens is 1. The Bertz CT molecular complexity index is 1040. The number of urea groups is 1. The van der Waals surface area contributed by atoms with Crippen LogP contribution < -0.4 is 10.2 Å². The van der Waals surface area contributed by atoms with Gasteiger partial charge in [0.05, 0.1) is 22.5 Å². The molecule has 2 heterocycles. The lowest BCUT2D eigenvalue weighted by molar-refractivity contribution is 0.215. The summed E-state index contributed by atoms with van der Waals surface area (Å²) in [7, 11) is 0. The van der Waals surface area contributed by atoms with Crippen LogP contribution in [0.15, 0.2) is 60.8 Å². The summed E-state index contributed by atoms with van der Waals surface area (Å²) in [6.45, 7) is 2.79. The molecule has 1 aliphatic heterocycles. The van der Waals surface area contributed by atoms with Crippen LogP contribution in [-0.4, -0.2) is 42.1 Å². The van der Waals surface area contributed by atoms with Crippen molar-refractivity contribution in [3.8, 4) is 6.07 Å². The number of amides is 2. The number of fused-ring (bicyclic) bond motifs is 1. The normalized spacial score (nSPS) is 14.4. The summed E-state index contributed by atoms with van der Waals surface area (Å²) in [5, 5.41) is 13.4. The molecule has 28 heavy (non-hydrogen) atoms. The molecule has 4 rings (SSSR count). The molecule has 0 saturated carbocycles. The Morgan fingerprint density at radius 3 is 2.75 bits per heavy atom. The van der Waals surface area contributed by atoms with Crippen molar-refractivity contribution in [2.75, 3.05) is 36.4 Å². The Morgan fingerprint density at radius 1 is 1.00 bits per heavy atom. The number of nitrogens with one attached hydrogen (secondary N) is 1. The highest BCUT2D eigenvalue weighted by atomic mass is 16.2. The number of anilines is 2. The number of carbonyl (C=O) groups excluding carboxylic acids is 1. The average Bonchev–Trinajstić information content (AvgIpc) is 3.00. The van der Waals surface area contributed by atoms with Crippen molar-refractivity contribution in [1.29, 1.82) is 5.26 Å². The van der Waals surface area contributed by atoms with E-state index in [1.165, 1.54) is 0 Å². The van der Waals surface area contributed by atoms with E-state index in [0.29, 0.717) is 25.2 Å². The fraction of sp³-hybridized carbons (Fsp3) is 0.227. The first-order valence-corrected chi connectivity index (χ1v) is 9.40. The van der Waals surface area contributed by atoms with Gasteiger partial charge in [-0.05, 0) is 30.7 Å². The van der Waals surface area contributed by atoms with E-state index >= 15 is 0 Å². The Hall–Kier alpha value is -3.59. The van der Waals surface area contributed by atoms with E-state index < -0.39 is 0 Å². The lowest BCUT2D eigenvalue weighted by atomic mass is 10.1. The summed E-state index contributed by atoms with van der Waals surface area (Å²) >= 11 is 0. The van der Waals surface area contributed by atoms with E-state index in [2.05, 4.69) is 21.3 Å². The Kier molecular flexibility index (Phi) is 5.07. The molecule has 1 N–H and O–H groups in total. The number of hydrogen-bond acceptors (Lipinski definition) is 4. The Labute approximate surface area is 164 Å². The third-order valence-corrected chi connectivity index (χ3v) is 5.02. The van der Waals surface area contributed by atoms with Crippen molar-refractivity contribution in [2.45, 2.75) is 6.42 Å². The van der Waals surface area contributed by atoms with E-state index in [4.69, 9.17) is 0 Å². The maximum absolute atomic E-state index is 12.8. The monoisotopic (exact) mass is 371 g/mol. The predicted octanol–water partition coefficient (Wildman–Crippen LogP) is 3.85. The van der Waals surface area contributed by atoms with Crippen LogP contribution in [0.5, 0.6) is 0 Å². The number of rotatable bonds is 2. The maximum atomic E-state index is 12.8. The van der Waals surface area contributed by atoms with Crippen LogP contribution in [0.3, 0.4) is 0 Å². The fourth-order valence-electron chi connectivity index (χ4n) is 3.60. The summed E-state index contributed by atoms with van der Waals surface area (Å²) < 4.78 is 0. The Balaban J connectivity index is 1.47. The first-order chi connectivity index (χ1) is 13.8. The highest BCUT2D eigenvalue weighted by molar-refractivity contribution is 5.99. The summed E-state index contributed by atoms with van der Waals surface area (Å²) in [5.74, 6) is 0. The zero-order valence-corrected chi connectivity index (χ0v) is 15.5. The van der Waals surface area contributed by atoms with Crippen molar-refractivity contribution >= 4 is 28.3 Å². The topological polar surface area (TPSA) is 72.3 Å². The maximum Gasteiger partial charge on any atom is 0.321 e. The molecule has 0 spiro atoms. The smallest absolute Gasteiger partial charge is 0.321 e. The summed E-state index contributed by atoms with van der Waals surface area (Å²) in [6.07, 6.45) is 2.58. The fourth-order valence-corrected chi connectivity index (χ4v) is 3.60. The first-order valence-electron chi connectivity index (χ1n) is 9.40. The second kappa shape index (κ2) is 7.97. The van der Waals surface area contributed by atoms with Crippen LogP contribution >= 0.6 is 0 Å². The summed E-state index contributed by atoms with van der Waals surface area (Å²) in [5.41, 5.74) is 3.12. The second-order valence-corrected chi connectivity index (χ2v) is 6.77. The quantitative estimate of drug-likeness (QED) is 0.743. The van der Waals surface area contributed by atoms with Crippen LogP contribution in [0.2, 0.25) is 0 Å².